The summed E-state index contributed by atoms with van der Waals surface area (Å²) in [6.45, 7) is 2.18. The summed E-state index contributed by atoms with van der Waals surface area (Å²) in [6, 6.07) is 3.56. The van der Waals surface area contributed by atoms with Gasteiger partial charge in [0.05, 0.1) is 18.9 Å². The third-order valence-electron chi connectivity index (χ3n) is 2.79. The van der Waals surface area contributed by atoms with E-state index in [9.17, 15) is 14.7 Å². The number of para-hydroxylation sites is 1. The first-order valence-corrected chi connectivity index (χ1v) is 6.03. The van der Waals surface area contributed by atoms with Gasteiger partial charge in [0.1, 0.15) is 5.56 Å². The smallest absolute Gasteiger partial charge is 0.339 e. The number of aromatic hydroxyl groups is 1. The van der Waals surface area contributed by atoms with Crippen LogP contribution in [0, 0.1) is 0 Å². The molecule has 108 valence electrons. The van der Waals surface area contributed by atoms with Gasteiger partial charge in [0, 0.05) is 13.1 Å². The van der Waals surface area contributed by atoms with E-state index in [1.165, 1.54) is 18.2 Å². The Morgan fingerprint density at radius 3 is 2.60 bits per heavy atom. The maximum Gasteiger partial charge on any atom is 0.339 e. The number of carbonyl (C=O) groups is 2. The Balaban J connectivity index is 2.00. The molecule has 1 aliphatic heterocycles. The number of aromatic carboxylic acids is 1. The highest BCUT2D eigenvalue weighted by molar-refractivity contribution is 5.97. The Labute approximate surface area is 114 Å². The van der Waals surface area contributed by atoms with Gasteiger partial charge in [-0.15, -0.1) is 0 Å². The Morgan fingerprint density at radius 2 is 1.95 bits per heavy atom. The number of carbonyl (C=O) groups excluding carboxylic acids is 1. The number of phenols is 1. The number of amides is 2. The molecule has 1 aliphatic rings. The molecule has 0 atom stereocenters. The monoisotopic (exact) mass is 281 g/mol. The summed E-state index contributed by atoms with van der Waals surface area (Å²) >= 11 is 0. The van der Waals surface area contributed by atoms with E-state index < -0.39 is 17.7 Å². The number of urea groups is 1. The molecule has 8 heteroatoms. The van der Waals surface area contributed by atoms with Crippen LogP contribution in [0.15, 0.2) is 18.2 Å². The molecule has 1 aromatic rings. The first-order chi connectivity index (χ1) is 9.58. The van der Waals surface area contributed by atoms with Crippen molar-refractivity contribution in [2.24, 2.45) is 0 Å². The van der Waals surface area contributed by atoms with Crippen molar-refractivity contribution in [1.29, 1.82) is 0 Å². The van der Waals surface area contributed by atoms with Crippen LogP contribution in [0.25, 0.3) is 0 Å². The molecule has 0 saturated carbocycles. The SMILES string of the molecule is O=C(Nc1cccc(C(=O)O)c1O)NN1CCOCC1. The van der Waals surface area contributed by atoms with E-state index in [4.69, 9.17) is 9.84 Å². The minimum atomic E-state index is -1.26. The summed E-state index contributed by atoms with van der Waals surface area (Å²) in [5.41, 5.74) is 2.36. The Hall–Kier alpha value is -2.32. The van der Waals surface area contributed by atoms with Crippen molar-refractivity contribution >= 4 is 17.7 Å². The fourth-order valence-electron chi connectivity index (χ4n) is 1.79. The number of nitrogens with zero attached hydrogens (tertiary/aromatic N) is 1. The molecule has 1 aromatic carbocycles. The number of hydrogen-bond acceptors (Lipinski definition) is 5. The van der Waals surface area contributed by atoms with Gasteiger partial charge in [-0.1, -0.05) is 6.07 Å². The third-order valence-corrected chi connectivity index (χ3v) is 2.79. The van der Waals surface area contributed by atoms with Gasteiger partial charge < -0.3 is 20.3 Å². The largest absolute Gasteiger partial charge is 0.505 e. The molecule has 1 fully saturated rings. The summed E-state index contributed by atoms with van der Waals surface area (Å²) in [5.74, 6) is -1.74. The quantitative estimate of drug-likeness (QED) is 0.599. The van der Waals surface area contributed by atoms with E-state index in [1.54, 1.807) is 5.01 Å². The zero-order chi connectivity index (χ0) is 14.5. The van der Waals surface area contributed by atoms with E-state index in [1.807, 2.05) is 0 Å². The second kappa shape index (κ2) is 6.22. The predicted octanol–water partition coefficient (Wildman–Crippen LogP) is 0.459. The van der Waals surface area contributed by atoms with Gasteiger partial charge >= 0.3 is 12.0 Å². The minimum absolute atomic E-state index is 0.0376. The zero-order valence-electron chi connectivity index (χ0n) is 10.6. The number of hydrogen-bond donors (Lipinski definition) is 4. The van der Waals surface area contributed by atoms with Gasteiger partial charge in [0.2, 0.25) is 0 Å². The van der Waals surface area contributed by atoms with Crippen LogP contribution in [-0.4, -0.2) is 53.5 Å². The number of morpholine rings is 1. The second-order valence-corrected chi connectivity index (χ2v) is 4.17. The van der Waals surface area contributed by atoms with E-state index in [0.29, 0.717) is 26.3 Å². The number of hydrazine groups is 1. The lowest BCUT2D eigenvalue weighted by Crippen LogP contribution is -2.49. The van der Waals surface area contributed by atoms with Crippen molar-refractivity contribution in [1.82, 2.24) is 10.4 Å². The lowest BCUT2D eigenvalue weighted by Gasteiger charge is -2.27. The number of anilines is 1. The molecular formula is C12H15N3O5. The average molecular weight is 281 g/mol. The highest BCUT2D eigenvalue weighted by Gasteiger charge is 2.16. The molecule has 0 radical (unpaired) electrons. The minimum Gasteiger partial charge on any atom is -0.505 e. The summed E-state index contributed by atoms with van der Waals surface area (Å²) < 4.78 is 5.14. The predicted molar refractivity (Wildman–Crippen MR) is 69.6 cm³/mol. The number of nitrogens with one attached hydrogen (secondary N) is 2. The highest BCUT2D eigenvalue weighted by atomic mass is 16.5. The van der Waals surface area contributed by atoms with E-state index >= 15 is 0 Å². The van der Waals surface area contributed by atoms with Crippen molar-refractivity contribution in [3.05, 3.63) is 23.8 Å². The fourth-order valence-corrected chi connectivity index (χ4v) is 1.79. The van der Waals surface area contributed by atoms with E-state index in [0.717, 1.165) is 0 Å². The Morgan fingerprint density at radius 1 is 1.25 bits per heavy atom. The van der Waals surface area contributed by atoms with Crippen LogP contribution in [0.1, 0.15) is 10.4 Å². The Bertz CT molecular complexity index is 514. The number of ether oxygens (including phenoxy) is 1. The number of carboxylic acid groups (broad SMARTS) is 1. The van der Waals surface area contributed by atoms with Crippen molar-refractivity contribution in [2.45, 2.75) is 0 Å². The van der Waals surface area contributed by atoms with Gasteiger partial charge in [0.25, 0.3) is 0 Å². The molecule has 0 unspecified atom stereocenters. The molecule has 2 rings (SSSR count). The van der Waals surface area contributed by atoms with Crippen molar-refractivity contribution in [3.63, 3.8) is 0 Å². The van der Waals surface area contributed by atoms with Crippen LogP contribution in [0.2, 0.25) is 0 Å². The summed E-state index contributed by atoms with van der Waals surface area (Å²) in [7, 11) is 0. The van der Waals surface area contributed by atoms with Crippen LogP contribution in [0.5, 0.6) is 5.75 Å². The normalized spacial score (nSPS) is 15.6. The van der Waals surface area contributed by atoms with Crippen LogP contribution in [0.3, 0.4) is 0 Å². The summed E-state index contributed by atoms with van der Waals surface area (Å²) in [4.78, 5) is 22.6. The molecule has 20 heavy (non-hydrogen) atoms. The maximum absolute atomic E-state index is 11.8. The topological polar surface area (TPSA) is 111 Å². The first kappa shape index (κ1) is 14.1. The third kappa shape index (κ3) is 3.37. The summed E-state index contributed by atoms with van der Waals surface area (Å²) in [5, 5.41) is 22.7. The van der Waals surface area contributed by atoms with Crippen molar-refractivity contribution < 1.29 is 24.5 Å². The van der Waals surface area contributed by atoms with Crippen molar-refractivity contribution in [2.75, 3.05) is 31.6 Å². The van der Waals surface area contributed by atoms with Crippen LogP contribution in [-0.2, 0) is 4.74 Å². The lowest BCUT2D eigenvalue weighted by molar-refractivity contribution is 0.0207. The number of rotatable bonds is 3. The molecule has 1 saturated heterocycles. The van der Waals surface area contributed by atoms with Crippen molar-refractivity contribution in [3.8, 4) is 5.75 Å². The van der Waals surface area contributed by atoms with Gasteiger partial charge in [-0.25, -0.2) is 14.6 Å². The average Bonchev–Trinajstić information content (AvgIpc) is 2.42. The van der Waals surface area contributed by atoms with E-state index in [-0.39, 0.29) is 11.3 Å². The molecule has 0 aromatic heterocycles. The lowest BCUT2D eigenvalue weighted by atomic mass is 10.2. The Kier molecular flexibility index (Phi) is 4.38. The molecule has 1 heterocycles. The number of benzene rings is 1. The van der Waals surface area contributed by atoms with Gasteiger partial charge in [-0.05, 0) is 12.1 Å². The molecule has 4 N–H and O–H groups in total. The molecule has 8 nitrogen and oxygen atoms in total. The first-order valence-electron chi connectivity index (χ1n) is 6.03. The molecule has 2 amide bonds. The fraction of sp³-hybridized carbons (Fsp3) is 0.333. The molecule has 0 aliphatic carbocycles. The van der Waals surface area contributed by atoms with Gasteiger partial charge in [-0.3, -0.25) is 5.43 Å². The molecule has 0 bridgehead atoms. The summed E-state index contributed by atoms with van der Waals surface area (Å²) in [6.07, 6.45) is 0. The highest BCUT2D eigenvalue weighted by Crippen LogP contribution is 2.27. The maximum atomic E-state index is 11.8. The van der Waals surface area contributed by atoms with Gasteiger partial charge in [0.15, 0.2) is 5.75 Å². The second-order valence-electron chi connectivity index (χ2n) is 4.17. The van der Waals surface area contributed by atoms with Crippen LogP contribution in [0.4, 0.5) is 10.5 Å². The standard InChI is InChI=1S/C12H15N3O5/c16-10-8(11(17)18)2-1-3-9(10)13-12(19)14-15-4-6-20-7-5-15/h1-3,16H,4-7H2,(H,17,18)(H2,13,14,19). The number of carboxylic acids is 1. The van der Waals surface area contributed by atoms with E-state index in [2.05, 4.69) is 10.7 Å². The zero-order valence-corrected chi connectivity index (χ0v) is 10.6. The molecular weight excluding hydrogens is 266 g/mol. The van der Waals surface area contributed by atoms with Crippen LogP contribution < -0.4 is 10.7 Å². The van der Waals surface area contributed by atoms with Crippen LogP contribution >= 0.6 is 0 Å². The molecule has 0 spiro atoms. The van der Waals surface area contributed by atoms with Gasteiger partial charge in [-0.2, -0.15) is 0 Å².